The third-order valence-corrected chi connectivity index (χ3v) is 2.95. The molecule has 6 heteroatoms. The molecule has 1 heterocycles. The molecule has 0 aliphatic carbocycles. The van der Waals surface area contributed by atoms with E-state index in [0.29, 0.717) is 0 Å². The molecule has 0 fully saturated rings. The summed E-state index contributed by atoms with van der Waals surface area (Å²) in [5.74, 6) is -0.0578. The van der Waals surface area contributed by atoms with Crippen molar-refractivity contribution >= 4 is 23.5 Å². The Morgan fingerprint density at radius 3 is 2.89 bits per heavy atom. The van der Waals surface area contributed by atoms with Crippen LogP contribution in [-0.4, -0.2) is 17.2 Å². The number of hydrogen-bond donors (Lipinski definition) is 2. The summed E-state index contributed by atoms with van der Waals surface area (Å²) < 4.78 is 0. The number of benzene rings is 1. The summed E-state index contributed by atoms with van der Waals surface area (Å²) in [6, 6.07) is 7.86. The van der Waals surface area contributed by atoms with Crippen LogP contribution in [0.1, 0.15) is 10.6 Å². The maximum Gasteiger partial charge on any atom is 0.211 e. The molecule has 5 nitrogen and oxygen atoms in total. The summed E-state index contributed by atoms with van der Waals surface area (Å²) in [4.78, 5) is 4.44. The first-order valence-electron chi connectivity index (χ1n) is 5.29. The van der Waals surface area contributed by atoms with Gasteiger partial charge in [0.05, 0.1) is 16.9 Å². The Hall–Kier alpha value is -2.21. The van der Waals surface area contributed by atoms with Crippen LogP contribution in [0.5, 0.6) is 0 Å². The predicted molar refractivity (Wildman–Crippen MR) is 75.7 cm³/mol. The maximum atomic E-state index is 5.19. The number of guanidine groups is 1. The molecule has 1 aromatic carbocycles. The first-order chi connectivity index (χ1) is 8.65. The van der Waals surface area contributed by atoms with E-state index in [0.717, 1.165) is 21.8 Å². The highest BCUT2D eigenvalue weighted by Crippen LogP contribution is 2.21. The molecule has 0 saturated heterocycles. The highest BCUT2D eigenvalue weighted by atomic mass is 32.1. The predicted octanol–water partition coefficient (Wildman–Crippen LogP) is 1.73. The van der Waals surface area contributed by atoms with Crippen molar-refractivity contribution in [2.45, 2.75) is 6.92 Å². The van der Waals surface area contributed by atoms with Crippen molar-refractivity contribution in [1.82, 2.24) is 4.98 Å². The molecule has 0 amide bonds. The van der Waals surface area contributed by atoms with Gasteiger partial charge < -0.3 is 11.5 Å². The molecule has 92 valence electrons. The molecule has 0 bridgehead atoms. The van der Waals surface area contributed by atoms with Gasteiger partial charge in [-0.3, -0.25) is 0 Å². The molecule has 0 aliphatic rings. The Bertz CT molecular complexity index is 596. The number of nitrogens with two attached hydrogens (primary N) is 2. The van der Waals surface area contributed by atoms with E-state index in [-0.39, 0.29) is 5.96 Å². The molecule has 2 aromatic rings. The SMILES string of the molecule is Cc1nc(-c2cccc(C=NN=C(N)N)c2)cs1. The number of hydrogen-bond acceptors (Lipinski definition) is 4. The first kappa shape index (κ1) is 12.3. The normalized spacial score (nSPS) is 10.7. The summed E-state index contributed by atoms with van der Waals surface area (Å²) in [5.41, 5.74) is 13.3. The standard InChI is InChI=1S/C12H13N5S/c1-8-16-11(7-18-8)10-4-2-3-9(5-10)6-15-17-12(13)14/h2-7H,1H3,(H4,13,14,17). The second-order valence-electron chi connectivity index (χ2n) is 3.65. The average molecular weight is 259 g/mol. The maximum absolute atomic E-state index is 5.19. The van der Waals surface area contributed by atoms with Gasteiger partial charge in [-0.15, -0.1) is 16.4 Å². The van der Waals surface area contributed by atoms with Gasteiger partial charge in [-0.2, -0.15) is 5.10 Å². The van der Waals surface area contributed by atoms with Crippen LogP contribution in [0.4, 0.5) is 0 Å². The lowest BCUT2D eigenvalue weighted by molar-refractivity contribution is 1.21. The van der Waals surface area contributed by atoms with Gasteiger partial charge in [0, 0.05) is 10.9 Å². The molecule has 0 saturated carbocycles. The van der Waals surface area contributed by atoms with E-state index in [1.807, 2.05) is 36.6 Å². The number of aromatic nitrogens is 1. The van der Waals surface area contributed by atoms with E-state index in [4.69, 9.17) is 11.5 Å². The second kappa shape index (κ2) is 5.42. The van der Waals surface area contributed by atoms with E-state index >= 15 is 0 Å². The van der Waals surface area contributed by atoms with E-state index in [2.05, 4.69) is 15.2 Å². The van der Waals surface area contributed by atoms with Crippen LogP contribution in [0, 0.1) is 6.92 Å². The van der Waals surface area contributed by atoms with Gasteiger partial charge in [0.1, 0.15) is 0 Å². The van der Waals surface area contributed by atoms with Crippen LogP contribution >= 0.6 is 11.3 Å². The fraction of sp³-hybridized carbons (Fsp3) is 0.0833. The fourth-order valence-corrected chi connectivity index (χ4v) is 2.06. The second-order valence-corrected chi connectivity index (χ2v) is 4.71. The summed E-state index contributed by atoms with van der Waals surface area (Å²) in [6.45, 7) is 1.98. The number of aryl methyl sites for hydroxylation is 1. The van der Waals surface area contributed by atoms with Crippen LogP contribution in [0.25, 0.3) is 11.3 Å². The molecular weight excluding hydrogens is 246 g/mol. The van der Waals surface area contributed by atoms with E-state index < -0.39 is 0 Å². The van der Waals surface area contributed by atoms with Gasteiger partial charge >= 0.3 is 0 Å². The van der Waals surface area contributed by atoms with E-state index in [1.165, 1.54) is 0 Å². The zero-order valence-corrected chi connectivity index (χ0v) is 10.7. The van der Waals surface area contributed by atoms with Gasteiger partial charge in [0.15, 0.2) is 0 Å². The first-order valence-corrected chi connectivity index (χ1v) is 6.17. The van der Waals surface area contributed by atoms with Crippen molar-refractivity contribution in [2.24, 2.45) is 21.7 Å². The highest BCUT2D eigenvalue weighted by Gasteiger charge is 2.01. The van der Waals surface area contributed by atoms with Gasteiger partial charge in [0.2, 0.25) is 5.96 Å². The average Bonchev–Trinajstić information content (AvgIpc) is 2.76. The molecule has 0 spiro atoms. The van der Waals surface area contributed by atoms with Crippen molar-refractivity contribution in [2.75, 3.05) is 0 Å². The molecule has 2 rings (SSSR count). The third kappa shape index (κ3) is 3.14. The van der Waals surface area contributed by atoms with Crippen molar-refractivity contribution in [3.8, 4) is 11.3 Å². The Balaban J connectivity index is 2.25. The Morgan fingerprint density at radius 2 is 2.22 bits per heavy atom. The summed E-state index contributed by atoms with van der Waals surface area (Å²) >= 11 is 1.63. The van der Waals surface area contributed by atoms with Crippen LogP contribution < -0.4 is 11.5 Å². The van der Waals surface area contributed by atoms with Crippen LogP contribution in [-0.2, 0) is 0 Å². The Labute approximate surface area is 109 Å². The van der Waals surface area contributed by atoms with Crippen LogP contribution in [0.15, 0.2) is 39.8 Å². The molecule has 0 radical (unpaired) electrons. The minimum Gasteiger partial charge on any atom is -0.369 e. The van der Waals surface area contributed by atoms with Crippen molar-refractivity contribution in [3.05, 3.63) is 40.2 Å². The molecule has 4 N–H and O–H groups in total. The lowest BCUT2D eigenvalue weighted by Crippen LogP contribution is -2.21. The van der Waals surface area contributed by atoms with Gasteiger partial charge in [-0.05, 0) is 18.6 Å². The highest BCUT2D eigenvalue weighted by molar-refractivity contribution is 7.09. The molecular formula is C12H13N5S. The van der Waals surface area contributed by atoms with Crippen molar-refractivity contribution < 1.29 is 0 Å². The summed E-state index contributed by atoms with van der Waals surface area (Å²) in [5, 5.41) is 10.4. The largest absolute Gasteiger partial charge is 0.369 e. The van der Waals surface area contributed by atoms with Gasteiger partial charge in [0.25, 0.3) is 0 Å². The van der Waals surface area contributed by atoms with Crippen molar-refractivity contribution in [1.29, 1.82) is 0 Å². The summed E-state index contributed by atoms with van der Waals surface area (Å²) in [6.07, 6.45) is 1.60. The van der Waals surface area contributed by atoms with E-state index in [1.54, 1.807) is 17.6 Å². The fourth-order valence-electron chi connectivity index (χ4n) is 1.44. The van der Waals surface area contributed by atoms with Crippen molar-refractivity contribution in [3.63, 3.8) is 0 Å². The van der Waals surface area contributed by atoms with Crippen LogP contribution in [0.3, 0.4) is 0 Å². The number of rotatable bonds is 3. The minimum absolute atomic E-state index is 0.0578. The Morgan fingerprint density at radius 1 is 1.39 bits per heavy atom. The van der Waals surface area contributed by atoms with Gasteiger partial charge in [-0.25, -0.2) is 4.98 Å². The zero-order chi connectivity index (χ0) is 13.0. The molecule has 18 heavy (non-hydrogen) atoms. The Kier molecular flexibility index (Phi) is 3.69. The molecule has 0 unspecified atom stereocenters. The lowest BCUT2D eigenvalue weighted by Gasteiger charge is -1.98. The molecule has 0 aliphatic heterocycles. The quantitative estimate of drug-likeness (QED) is 0.499. The van der Waals surface area contributed by atoms with E-state index in [9.17, 15) is 0 Å². The smallest absolute Gasteiger partial charge is 0.211 e. The number of thiazole rings is 1. The number of nitrogens with zero attached hydrogens (tertiary/aromatic N) is 3. The topological polar surface area (TPSA) is 89.6 Å². The lowest BCUT2D eigenvalue weighted by atomic mass is 10.1. The van der Waals surface area contributed by atoms with Crippen LogP contribution in [0.2, 0.25) is 0 Å². The molecule has 0 atom stereocenters. The third-order valence-electron chi connectivity index (χ3n) is 2.18. The minimum atomic E-state index is -0.0578. The van der Waals surface area contributed by atoms with Gasteiger partial charge in [-0.1, -0.05) is 18.2 Å². The summed E-state index contributed by atoms with van der Waals surface area (Å²) in [7, 11) is 0. The molecule has 1 aromatic heterocycles. The zero-order valence-electron chi connectivity index (χ0n) is 9.87. The monoisotopic (exact) mass is 259 g/mol.